The summed E-state index contributed by atoms with van der Waals surface area (Å²) in [5, 5.41) is 0. The Bertz CT molecular complexity index is 389. The van der Waals surface area contributed by atoms with E-state index in [9.17, 15) is 0 Å². The summed E-state index contributed by atoms with van der Waals surface area (Å²) in [4.78, 5) is 0. The minimum absolute atomic E-state index is 0.798. The summed E-state index contributed by atoms with van der Waals surface area (Å²) in [6.45, 7) is 5.07. The third kappa shape index (κ3) is 2.67. The lowest BCUT2D eigenvalue weighted by molar-refractivity contribution is 0.0773. The molecule has 2 spiro atoms. The van der Waals surface area contributed by atoms with E-state index < -0.39 is 0 Å². The molecule has 22 heavy (non-hydrogen) atoms. The summed E-state index contributed by atoms with van der Waals surface area (Å²) in [5.74, 6) is 4.26. The van der Waals surface area contributed by atoms with Crippen LogP contribution in [0.2, 0.25) is 0 Å². The van der Waals surface area contributed by atoms with E-state index in [4.69, 9.17) is 0 Å². The SMILES string of the molecule is CC1CCCC2(CCC(C3CCC4(CCCC4C)CC3)C2)C1. The van der Waals surface area contributed by atoms with Crippen LogP contribution in [0.5, 0.6) is 0 Å². The van der Waals surface area contributed by atoms with Gasteiger partial charge in [0.2, 0.25) is 0 Å². The molecular weight excluding hydrogens is 264 g/mol. The van der Waals surface area contributed by atoms with Gasteiger partial charge in [-0.3, -0.25) is 0 Å². The smallest absolute Gasteiger partial charge is 0.0272 e. The van der Waals surface area contributed by atoms with Gasteiger partial charge in [-0.25, -0.2) is 0 Å². The Balaban J connectivity index is 1.35. The Labute approximate surface area is 138 Å². The lowest BCUT2D eigenvalue weighted by Crippen LogP contribution is -2.32. The molecule has 0 aromatic carbocycles. The predicted molar refractivity (Wildman–Crippen MR) is 94.8 cm³/mol. The first-order valence-electron chi connectivity index (χ1n) is 10.6. The maximum Gasteiger partial charge on any atom is -0.0272 e. The molecule has 0 N–H and O–H groups in total. The molecular formula is C22H38. The molecule has 0 heteroatoms. The third-order valence-corrected chi connectivity index (χ3v) is 8.98. The highest BCUT2D eigenvalue weighted by Gasteiger charge is 2.47. The summed E-state index contributed by atoms with van der Waals surface area (Å²) >= 11 is 0. The first-order valence-corrected chi connectivity index (χ1v) is 10.6. The Hall–Kier alpha value is 0. The van der Waals surface area contributed by atoms with Gasteiger partial charge in [0.15, 0.2) is 0 Å². The Morgan fingerprint density at radius 2 is 1.36 bits per heavy atom. The normalized spacial score (nSPS) is 52.6. The minimum atomic E-state index is 0.798. The highest BCUT2D eigenvalue weighted by Crippen LogP contribution is 2.59. The molecule has 4 rings (SSSR count). The summed E-state index contributed by atoms with van der Waals surface area (Å²) in [6.07, 6.45) is 21.9. The number of hydrogen-bond acceptors (Lipinski definition) is 0. The fraction of sp³-hybridized carbons (Fsp3) is 1.00. The molecule has 4 saturated carbocycles. The van der Waals surface area contributed by atoms with Crippen LogP contribution in [0.1, 0.15) is 104 Å². The average molecular weight is 303 g/mol. The summed E-state index contributed by atoms with van der Waals surface area (Å²) in [7, 11) is 0. The van der Waals surface area contributed by atoms with Crippen molar-refractivity contribution in [1.29, 1.82) is 0 Å². The van der Waals surface area contributed by atoms with Gasteiger partial charge in [-0.05, 0) is 98.7 Å². The van der Waals surface area contributed by atoms with Crippen LogP contribution >= 0.6 is 0 Å². The zero-order chi connectivity index (χ0) is 15.2. The van der Waals surface area contributed by atoms with Crippen molar-refractivity contribution in [1.82, 2.24) is 0 Å². The second kappa shape index (κ2) is 5.82. The third-order valence-electron chi connectivity index (χ3n) is 8.98. The molecule has 4 aliphatic rings. The Morgan fingerprint density at radius 1 is 0.636 bits per heavy atom. The van der Waals surface area contributed by atoms with Crippen molar-refractivity contribution in [2.75, 3.05) is 0 Å². The standard InChI is InChI=1S/C22H38/c1-17-5-3-10-21(15-17)12-7-20(16-21)19-8-13-22(14-9-19)11-4-6-18(22)2/h17-20H,3-16H2,1-2H3. The van der Waals surface area contributed by atoms with Gasteiger partial charge in [0, 0.05) is 0 Å². The Kier molecular flexibility index (Phi) is 4.10. The van der Waals surface area contributed by atoms with E-state index in [0.717, 1.165) is 34.5 Å². The van der Waals surface area contributed by atoms with Gasteiger partial charge in [-0.2, -0.15) is 0 Å². The lowest BCUT2D eigenvalue weighted by atomic mass is 9.62. The maximum atomic E-state index is 2.56. The van der Waals surface area contributed by atoms with Gasteiger partial charge in [0.05, 0.1) is 0 Å². The van der Waals surface area contributed by atoms with Crippen LogP contribution in [-0.4, -0.2) is 0 Å². The van der Waals surface area contributed by atoms with Gasteiger partial charge in [-0.15, -0.1) is 0 Å². The molecule has 0 aromatic rings. The van der Waals surface area contributed by atoms with Crippen LogP contribution in [0.25, 0.3) is 0 Å². The van der Waals surface area contributed by atoms with Crippen molar-refractivity contribution in [3.63, 3.8) is 0 Å². The molecule has 0 radical (unpaired) electrons. The van der Waals surface area contributed by atoms with Crippen molar-refractivity contribution >= 4 is 0 Å². The van der Waals surface area contributed by atoms with E-state index in [0.29, 0.717) is 0 Å². The number of rotatable bonds is 1. The quantitative estimate of drug-likeness (QED) is 0.490. The predicted octanol–water partition coefficient (Wildman–Crippen LogP) is 6.98. The van der Waals surface area contributed by atoms with Gasteiger partial charge >= 0.3 is 0 Å². The van der Waals surface area contributed by atoms with Gasteiger partial charge in [0.1, 0.15) is 0 Å². The second-order valence-electron chi connectivity index (χ2n) is 10.2. The van der Waals surface area contributed by atoms with Crippen LogP contribution in [0.4, 0.5) is 0 Å². The van der Waals surface area contributed by atoms with E-state index in [2.05, 4.69) is 13.8 Å². The zero-order valence-corrected chi connectivity index (χ0v) is 15.2. The van der Waals surface area contributed by atoms with Crippen molar-refractivity contribution in [3.05, 3.63) is 0 Å². The fourth-order valence-electron chi connectivity index (χ4n) is 7.58. The van der Waals surface area contributed by atoms with Crippen LogP contribution < -0.4 is 0 Å². The van der Waals surface area contributed by atoms with Crippen molar-refractivity contribution in [3.8, 4) is 0 Å². The van der Waals surface area contributed by atoms with E-state index in [1.54, 1.807) is 64.2 Å². The maximum absolute atomic E-state index is 2.56. The van der Waals surface area contributed by atoms with Gasteiger partial charge in [0.25, 0.3) is 0 Å². The summed E-state index contributed by atoms with van der Waals surface area (Å²) in [6, 6.07) is 0. The largest absolute Gasteiger partial charge is 0.0625 e. The van der Waals surface area contributed by atoms with Gasteiger partial charge < -0.3 is 0 Å². The van der Waals surface area contributed by atoms with E-state index in [1.807, 2.05) is 0 Å². The second-order valence-corrected chi connectivity index (χ2v) is 10.2. The molecule has 0 aliphatic heterocycles. The van der Waals surface area contributed by atoms with Crippen molar-refractivity contribution in [2.45, 2.75) is 104 Å². The monoisotopic (exact) mass is 302 g/mol. The highest BCUT2D eigenvalue weighted by atomic mass is 14.5. The van der Waals surface area contributed by atoms with E-state index >= 15 is 0 Å². The minimum Gasteiger partial charge on any atom is -0.0625 e. The van der Waals surface area contributed by atoms with E-state index in [-0.39, 0.29) is 0 Å². The first kappa shape index (κ1) is 15.5. The lowest BCUT2D eigenvalue weighted by Gasteiger charge is -2.43. The molecule has 0 heterocycles. The number of hydrogen-bond donors (Lipinski definition) is 0. The fourth-order valence-corrected chi connectivity index (χ4v) is 7.58. The molecule has 0 saturated heterocycles. The Morgan fingerprint density at radius 3 is 2.05 bits per heavy atom. The van der Waals surface area contributed by atoms with Crippen LogP contribution in [0.15, 0.2) is 0 Å². The highest BCUT2D eigenvalue weighted by molar-refractivity contribution is 4.98. The topological polar surface area (TPSA) is 0 Å². The average Bonchev–Trinajstić information content (AvgIpc) is 3.06. The molecule has 126 valence electrons. The summed E-state index contributed by atoms with van der Waals surface area (Å²) in [5.41, 5.74) is 1.60. The van der Waals surface area contributed by atoms with Gasteiger partial charge in [-0.1, -0.05) is 39.5 Å². The zero-order valence-electron chi connectivity index (χ0n) is 15.2. The molecule has 0 nitrogen and oxygen atoms in total. The van der Waals surface area contributed by atoms with Crippen molar-refractivity contribution in [2.24, 2.45) is 34.5 Å². The van der Waals surface area contributed by atoms with Crippen LogP contribution in [-0.2, 0) is 0 Å². The summed E-state index contributed by atoms with van der Waals surface area (Å²) < 4.78 is 0. The molecule has 4 unspecified atom stereocenters. The van der Waals surface area contributed by atoms with Crippen LogP contribution in [0.3, 0.4) is 0 Å². The van der Waals surface area contributed by atoms with Crippen molar-refractivity contribution < 1.29 is 0 Å². The molecule has 0 aromatic heterocycles. The molecule has 4 fully saturated rings. The molecule has 4 aliphatic carbocycles. The van der Waals surface area contributed by atoms with E-state index in [1.165, 1.54) is 25.7 Å². The molecule has 4 atom stereocenters. The first-order chi connectivity index (χ1) is 10.6. The molecule has 0 amide bonds. The van der Waals surface area contributed by atoms with Crippen LogP contribution in [0, 0.1) is 34.5 Å². The molecule has 0 bridgehead atoms.